The second-order valence-corrected chi connectivity index (χ2v) is 9.50. The number of urea groups is 1. The van der Waals surface area contributed by atoms with Crippen LogP contribution in [0, 0.1) is 5.92 Å². The van der Waals surface area contributed by atoms with Crippen molar-refractivity contribution in [3.63, 3.8) is 0 Å². The van der Waals surface area contributed by atoms with Gasteiger partial charge in [0.25, 0.3) is 0 Å². The Kier molecular flexibility index (Phi) is 7.63. The molecule has 1 N–H and O–H groups in total. The van der Waals surface area contributed by atoms with Gasteiger partial charge >= 0.3 is 6.03 Å². The van der Waals surface area contributed by atoms with Crippen molar-refractivity contribution in [1.82, 2.24) is 15.1 Å². The Hall–Kier alpha value is -2.77. The Morgan fingerprint density at radius 3 is 2.53 bits per heavy atom. The summed E-state index contributed by atoms with van der Waals surface area (Å²) in [7, 11) is 1.60. The number of carbonyl (C=O) groups excluding carboxylic acids is 3. The van der Waals surface area contributed by atoms with Crippen molar-refractivity contribution in [2.45, 2.75) is 44.8 Å². The van der Waals surface area contributed by atoms with E-state index in [1.54, 1.807) is 30.2 Å². The molecule has 1 aliphatic heterocycles. The molecule has 2 aromatic carbocycles. The average Bonchev–Trinajstić information content (AvgIpc) is 2.84. The highest BCUT2D eigenvalue weighted by Crippen LogP contribution is 2.35. The summed E-state index contributed by atoms with van der Waals surface area (Å²) < 4.78 is 5.22. The number of nitrogens with one attached hydrogen (secondary N) is 1. The van der Waals surface area contributed by atoms with E-state index in [-0.39, 0.29) is 31.0 Å². The molecule has 2 aliphatic rings. The maximum absolute atomic E-state index is 13.4. The predicted molar refractivity (Wildman–Crippen MR) is 130 cm³/mol. The van der Waals surface area contributed by atoms with E-state index < -0.39 is 11.9 Å². The number of hydrogen-bond donors (Lipinski definition) is 1. The van der Waals surface area contributed by atoms with Crippen LogP contribution in [0.2, 0.25) is 10.0 Å². The number of fused-ring (bicyclic) bond motifs is 1. The van der Waals surface area contributed by atoms with Gasteiger partial charge in [0.05, 0.1) is 13.0 Å². The summed E-state index contributed by atoms with van der Waals surface area (Å²) in [5, 5.41) is 3.69. The van der Waals surface area contributed by atoms with Gasteiger partial charge in [-0.1, -0.05) is 54.2 Å². The molecule has 2 atom stereocenters. The van der Waals surface area contributed by atoms with E-state index in [0.717, 1.165) is 35.5 Å². The van der Waals surface area contributed by atoms with E-state index in [1.165, 1.54) is 0 Å². The number of imide groups is 1. The third-order valence-corrected chi connectivity index (χ3v) is 7.08. The van der Waals surface area contributed by atoms with Gasteiger partial charge in [0.1, 0.15) is 12.3 Å². The van der Waals surface area contributed by atoms with E-state index in [9.17, 15) is 14.4 Å². The third-order valence-electron chi connectivity index (χ3n) is 6.49. The van der Waals surface area contributed by atoms with Gasteiger partial charge in [0.15, 0.2) is 0 Å². The molecule has 4 amide bonds. The number of amides is 4. The van der Waals surface area contributed by atoms with E-state index in [4.69, 9.17) is 27.9 Å². The second-order valence-electron chi connectivity index (χ2n) is 8.65. The van der Waals surface area contributed by atoms with Crippen LogP contribution in [0.4, 0.5) is 4.79 Å². The average molecular weight is 504 g/mol. The fourth-order valence-corrected chi connectivity index (χ4v) is 5.16. The molecule has 0 aromatic heterocycles. The van der Waals surface area contributed by atoms with Gasteiger partial charge in [-0.15, -0.1) is 0 Å². The standard InChI is InChI=1S/C25H27Cl2N3O4/c1-34-19-10-6-16(7-11-19)14-29-22-5-3-2-4-20(22)24(32)30(25(29)33)15-23(31)28-13-17-8-9-18(26)12-21(17)27/h6-12,20,22H,2-5,13-15H2,1H3,(H,28,31). The zero-order chi connectivity index (χ0) is 24.2. The molecule has 0 bridgehead atoms. The molecule has 34 heavy (non-hydrogen) atoms. The summed E-state index contributed by atoms with van der Waals surface area (Å²) in [5.41, 5.74) is 1.64. The third kappa shape index (κ3) is 5.31. The number of benzene rings is 2. The van der Waals surface area contributed by atoms with Crippen molar-refractivity contribution < 1.29 is 19.1 Å². The smallest absolute Gasteiger partial charge is 0.327 e. The van der Waals surface area contributed by atoms with Crippen LogP contribution in [0.5, 0.6) is 5.75 Å². The van der Waals surface area contributed by atoms with Crippen molar-refractivity contribution in [1.29, 1.82) is 0 Å². The lowest BCUT2D eigenvalue weighted by molar-refractivity contribution is -0.143. The molecule has 2 fully saturated rings. The van der Waals surface area contributed by atoms with Crippen molar-refractivity contribution >= 4 is 41.0 Å². The fourth-order valence-electron chi connectivity index (χ4n) is 4.68. The molecule has 2 aromatic rings. The Morgan fingerprint density at radius 1 is 1.09 bits per heavy atom. The second kappa shape index (κ2) is 10.7. The van der Waals surface area contributed by atoms with Crippen LogP contribution >= 0.6 is 23.2 Å². The van der Waals surface area contributed by atoms with Gasteiger partial charge in [0.2, 0.25) is 11.8 Å². The Labute approximate surface area is 208 Å². The molecule has 7 nitrogen and oxygen atoms in total. The van der Waals surface area contributed by atoms with Crippen LogP contribution in [0.25, 0.3) is 0 Å². The lowest BCUT2D eigenvalue weighted by atomic mass is 9.81. The Morgan fingerprint density at radius 2 is 1.82 bits per heavy atom. The normalized spacial score (nSPS) is 20.2. The topological polar surface area (TPSA) is 79.0 Å². The summed E-state index contributed by atoms with van der Waals surface area (Å²) in [6.07, 6.45) is 3.41. The Bertz CT molecular complexity index is 1080. The van der Waals surface area contributed by atoms with Crippen LogP contribution in [-0.4, -0.2) is 47.3 Å². The van der Waals surface area contributed by atoms with Crippen LogP contribution in [0.3, 0.4) is 0 Å². The SMILES string of the molecule is COc1ccc(CN2C(=O)N(CC(=O)NCc3ccc(Cl)cc3Cl)C(=O)C3CCCCC32)cc1. The number of hydrogen-bond acceptors (Lipinski definition) is 4. The molecule has 1 aliphatic carbocycles. The molecule has 180 valence electrons. The zero-order valence-corrected chi connectivity index (χ0v) is 20.4. The van der Waals surface area contributed by atoms with E-state index in [0.29, 0.717) is 28.6 Å². The van der Waals surface area contributed by atoms with Crippen LogP contribution in [0.1, 0.15) is 36.8 Å². The van der Waals surface area contributed by atoms with E-state index in [2.05, 4.69) is 5.32 Å². The molecule has 1 saturated heterocycles. The van der Waals surface area contributed by atoms with Gasteiger partial charge in [-0.3, -0.25) is 14.5 Å². The molecule has 1 saturated carbocycles. The van der Waals surface area contributed by atoms with Gasteiger partial charge in [-0.2, -0.15) is 0 Å². The van der Waals surface area contributed by atoms with Gasteiger partial charge in [-0.25, -0.2) is 4.79 Å². The largest absolute Gasteiger partial charge is 0.497 e. The quantitative estimate of drug-likeness (QED) is 0.596. The predicted octanol–water partition coefficient (Wildman–Crippen LogP) is 4.64. The molecule has 0 spiro atoms. The molecular weight excluding hydrogens is 477 g/mol. The number of methoxy groups -OCH3 is 1. The fraction of sp³-hybridized carbons (Fsp3) is 0.400. The van der Waals surface area contributed by atoms with Gasteiger partial charge < -0.3 is 15.0 Å². The van der Waals surface area contributed by atoms with Crippen molar-refractivity contribution in [3.05, 3.63) is 63.6 Å². The van der Waals surface area contributed by atoms with Crippen molar-refractivity contribution in [2.24, 2.45) is 5.92 Å². The zero-order valence-electron chi connectivity index (χ0n) is 18.9. The number of rotatable bonds is 7. The van der Waals surface area contributed by atoms with Crippen LogP contribution in [-0.2, 0) is 22.7 Å². The number of halogens is 2. The molecule has 2 unspecified atom stereocenters. The maximum atomic E-state index is 13.4. The number of ether oxygens (including phenoxy) is 1. The lowest BCUT2D eigenvalue weighted by Gasteiger charge is -2.46. The summed E-state index contributed by atoms with van der Waals surface area (Å²) in [6.45, 7) is 0.216. The monoisotopic (exact) mass is 503 g/mol. The first kappa shape index (κ1) is 24.4. The lowest BCUT2D eigenvalue weighted by Crippen LogP contribution is -2.63. The minimum atomic E-state index is -0.427. The molecule has 9 heteroatoms. The molecule has 0 radical (unpaired) electrons. The molecule has 1 heterocycles. The van der Waals surface area contributed by atoms with Crippen molar-refractivity contribution in [2.75, 3.05) is 13.7 Å². The Balaban J connectivity index is 1.47. The highest BCUT2D eigenvalue weighted by molar-refractivity contribution is 6.35. The highest BCUT2D eigenvalue weighted by Gasteiger charge is 2.47. The molecule has 4 rings (SSSR count). The number of nitrogens with zero attached hydrogens (tertiary/aromatic N) is 2. The summed E-state index contributed by atoms with van der Waals surface area (Å²) in [6, 6.07) is 12.0. The van der Waals surface area contributed by atoms with E-state index >= 15 is 0 Å². The summed E-state index contributed by atoms with van der Waals surface area (Å²) in [4.78, 5) is 42.1. The molecular formula is C25H27Cl2N3O4. The number of carbonyl (C=O) groups is 3. The minimum Gasteiger partial charge on any atom is -0.497 e. The first-order chi connectivity index (χ1) is 16.4. The van der Waals surface area contributed by atoms with Crippen LogP contribution < -0.4 is 10.1 Å². The minimum absolute atomic E-state index is 0.150. The van der Waals surface area contributed by atoms with Crippen molar-refractivity contribution in [3.8, 4) is 5.75 Å². The van der Waals surface area contributed by atoms with E-state index in [1.807, 2.05) is 24.3 Å². The highest BCUT2D eigenvalue weighted by atomic mass is 35.5. The first-order valence-electron chi connectivity index (χ1n) is 11.3. The van der Waals surface area contributed by atoms with Gasteiger partial charge in [0, 0.05) is 29.2 Å². The van der Waals surface area contributed by atoms with Crippen LogP contribution in [0.15, 0.2) is 42.5 Å². The summed E-state index contributed by atoms with van der Waals surface area (Å²) in [5.74, 6) is -0.242. The maximum Gasteiger partial charge on any atom is 0.327 e. The van der Waals surface area contributed by atoms with Gasteiger partial charge in [-0.05, 0) is 48.2 Å². The first-order valence-corrected chi connectivity index (χ1v) is 12.1. The summed E-state index contributed by atoms with van der Waals surface area (Å²) >= 11 is 12.1.